The zero-order valence-corrected chi connectivity index (χ0v) is 24.9. The van der Waals surface area contributed by atoms with Crippen molar-refractivity contribution in [3.63, 3.8) is 0 Å². The van der Waals surface area contributed by atoms with Gasteiger partial charge in [0.05, 0.1) is 18.2 Å². The first kappa shape index (κ1) is 31.1. The Morgan fingerprint density at radius 3 is 1.62 bits per heavy atom. The number of aliphatic hydroxyl groups excluding tert-OH is 1. The molecule has 232 valence electrons. The van der Waals surface area contributed by atoms with E-state index in [2.05, 4.69) is 10.3 Å². The quantitative estimate of drug-likeness (QED) is 0.0741. The lowest BCUT2D eigenvalue weighted by Crippen LogP contribution is -2.66. The van der Waals surface area contributed by atoms with Gasteiger partial charge in [-0.25, -0.2) is 4.79 Å². The van der Waals surface area contributed by atoms with E-state index in [0.717, 1.165) is 22.3 Å². The van der Waals surface area contributed by atoms with Gasteiger partial charge in [0.15, 0.2) is 11.7 Å². The lowest BCUT2D eigenvalue weighted by Gasteiger charge is -2.49. The molecular formula is C35H38N6O4. The van der Waals surface area contributed by atoms with Crippen LogP contribution in [0.25, 0.3) is 0 Å². The van der Waals surface area contributed by atoms with Crippen LogP contribution in [0, 0.1) is 0 Å². The van der Waals surface area contributed by atoms with Crippen LogP contribution < -0.4 is 11.5 Å². The number of benzene rings is 4. The molecule has 0 aliphatic carbocycles. The maximum Gasteiger partial charge on any atom is 0.321 e. The van der Waals surface area contributed by atoms with Gasteiger partial charge in [0.2, 0.25) is 0 Å². The van der Waals surface area contributed by atoms with Crippen LogP contribution in [-0.4, -0.2) is 61.2 Å². The van der Waals surface area contributed by atoms with Gasteiger partial charge in [-0.1, -0.05) is 107 Å². The van der Waals surface area contributed by atoms with E-state index in [4.69, 9.17) is 11.5 Å². The molecule has 5 rings (SSSR count). The minimum absolute atomic E-state index is 0.0300. The average Bonchev–Trinajstić information content (AvgIpc) is 3.08. The molecule has 1 aliphatic rings. The van der Waals surface area contributed by atoms with Crippen molar-refractivity contribution in [3.8, 4) is 0 Å². The maximum absolute atomic E-state index is 14.6. The van der Waals surface area contributed by atoms with Crippen molar-refractivity contribution in [2.24, 2.45) is 21.8 Å². The molecule has 45 heavy (non-hydrogen) atoms. The summed E-state index contributed by atoms with van der Waals surface area (Å²) >= 11 is 0. The highest BCUT2D eigenvalue weighted by Gasteiger charge is 2.45. The largest absolute Gasteiger partial charge is 0.409 e. The molecular weight excluding hydrogens is 568 g/mol. The lowest BCUT2D eigenvalue weighted by atomic mass is 9.88. The third-order valence-corrected chi connectivity index (χ3v) is 8.31. The summed E-state index contributed by atoms with van der Waals surface area (Å²) in [6.45, 7) is 0.409. The van der Waals surface area contributed by atoms with E-state index in [1.54, 1.807) is 46.2 Å². The smallest absolute Gasteiger partial charge is 0.321 e. The number of nitrogens with zero attached hydrogens (tertiary/aromatic N) is 4. The average molecular weight is 607 g/mol. The van der Waals surface area contributed by atoms with Crippen LogP contribution in [0.3, 0.4) is 0 Å². The fourth-order valence-corrected chi connectivity index (χ4v) is 5.98. The summed E-state index contributed by atoms with van der Waals surface area (Å²) in [5, 5.41) is 36.8. The fraction of sp³-hybridized carbons (Fsp3) is 0.229. The van der Waals surface area contributed by atoms with E-state index in [-0.39, 0.29) is 30.8 Å². The van der Waals surface area contributed by atoms with Crippen molar-refractivity contribution >= 4 is 17.7 Å². The van der Waals surface area contributed by atoms with Gasteiger partial charge in [-0.05, 0) is 53.6 Å². The first-order chi connectivity index (χ1) is 21.9. The summed E-state index contributed by atoms with van der Waals surface area (Å²) in [7, 11) is 0. The van der Waals surface area contributed by atoms with Crippen LogP contribution in [0.5, 0.6) is 0 Å². The fourth-order valence-electron chi connectivity index (χ4n) is 5.98. The Hall–Kier alpha value is -5.35. The topological polar surface area (TPSA) is 161 Å². The van der Waals surface area contributed by atoms with Crippen molar-refractivity contribution in [2.45, 2.75) is 50.5 Å². The van der Waals surface area contributed by atoms with E-state index >= 15 is 0 Å². The van der Waals surface area contributed by atoms with E-state index in [1.807, 2.05) is 72.8 Å². The number of hydrogen-bond donors (Lipinski definition) is 5. The van der Waals surface area contributed by atoms with Crippen molar-refractivity contribution in [3.05, 3.63) is 143 Å². The van der Waals surface area contributed by atoms with Gasteiger partial charge in [0, 0.05) is 24.2 Å². The molecule has 0 unspecified atom stereocenters. The molecule has 0 aromatic heterocycles. The zero-order valence-electron chi connectivity index (χ0n) is 24.9. The molecule has 3 atom stereocenters. The number of nitrogens with two attached hydrogens (primary N) is 2. The van der Waals surface area contributed by atoms with Gasteiger partial charge in [0.25, 0.3) is 0 Å². The molecule has 4 aromatic carbocycles. The Labute approximate surface area is 262 Å². The van der Waals surface area contributed by atoms with Crippen LogP contribution in [0.1, 0.15) is 39.8 Å². The number of amidine groups is 2. The van der Waals surface area contributed by atoms with Gasteiger partial charge in [-0.15, -0.1) is 0 Å². The maximum atomic E-state index is 14.6. The van der Waals surface area contributed by atoms with Crippen LogP contribution in [-0.2, 0) is 25.9 Å². The number of carbonyl (C=O) groups is 1. The summed E-state index contributed by atoms with van der Waals surface area (Å²) in [6, 6.07) is 33.0. The predicted octanol–water partition coefficient (Wildman–Crippen LogP) is 4.29. The first-order valence-electron chi connectivity index (χ1n) is 14.8. The molecule has 0 bridgehead atoms. The van der Waals surface area contributed by atoms with Gasteiger partial charge in [-0.2, -0.15) is 0 Å². The molecule has 0 spiro atoms. The highest BCUT2D eigenvalue weighted by molar-refractivity contribution is 5.97. The van der Waals surface area contributed by atoms with E-state index in [1.165, 1.54) is 0 Å². The number of oxime groups is 2. The minimum Gasteiger partial charge on any atom is -0.409 e. The van der Waals surface area contributed by atoms with Gasteiger partial charge < -0.3 is 36.8 Å². The number of rotatable bonds is 11. The Bertz CT molecular complexity index is 1650. The second kappa shape index (κ2) is 14.4. The second-order valence-electron chi connectivity index (χ2n) is 11.2. The molecule has 10 heteroatoms. The number of urea groups is 1. The van der Waals surface area contributed by atoms with Crippen molar-refractivity contribution in [1.82, 2.24) is 9.80 Å². The highest BCUT2D eigenvalue weighted by Crippen LogP contribution is 2.31. The van der Waals surface area contributed by atoms with Gasteiger partial charge in [-0.3, -0.25) is 0 Å². The van der Waals surface area contributed by atoms with E-state index in [0.29, 0.717) is 30.4 Å². The Balaban J connectivity index is 1.53. The summed E-state index contributed by atoms with van der Waals surface area (Å²) in [4.78, 5) is 18.1. The summed E-state index contributed by atoms with van der Waals surface area (Å²) < 4.78 is 0. The standard InChI is InChI=1S/C35H38N6O4/c36-33(38-44)28-15-7-13-26(19-28)22-40-30(18-17-24-9-3-1-4-10-24)32(42)31(21-25-11-5-2-6-12-25)41(35(40)43)23-27-14-8-16-29(20-27)34(37)39-45/h1-16,19-20,30-32,42,44-45H,17-18,21-23H2,(H2,36,38)(H2,37,39)/t30-,31-,32-/m0/s1. The van der Waals surface area contributed by atoms with Crippen LogP contribution in [0.15, 0.2) is 120 Å². The van der Waals surface area contributed by atoms with Crippen molar-refractivity contribution < 1.29 is 20.3 Å². The SMILES string of the molecule is N/C(=N/O)c1cccc(CN2C(=O)N(Cc3cccc(/C(N)=N\O)c3)[C@@H](Cc3ccccc3)[C@@H](O)[C@@H]2CCc2ccccc2)c1. The van der Waals surface area contributed by atoms with Crippen LogP contribution in [0.4, 0.5) is 4.79 Å². The number of aryl methyl sites for hydroxylation is 1. The first-order valence-corrected chi connectivity index (χ1v) is 14.8. The molecule has 4 aromatic rings. The Morgan fingerprint density at radius 2 is 1.11 bits per heavy atom. The van der Waals surface area contributed by atoms with E-state index < -0.39 is 18.2 Å². The summed E-state index contributed by atoms with van der Waals surface area (Å²) in [5.41, 5.74) is 16.5. The monoisotopic (exact) mass is 606 g/mol. The van der Waals surface area contributed by atoms with Crippen molar-refractivity contribution in [2.75, 3.05) is 0 Å². The number of hydrogen-bond acceptors (Lipinski definition) is 6. The molecule has 1 heterocycles. The zero-order chi connectivity index (χ0) is 31.8. The van der Waals surface area contributed by atoms with E-state index in [9.17, 15) is 20.3 Å². The highest BCUT2D eigenvalue weighted by atomic mass is 16.4. The summed E-state index contributed by atoms with van der Waals surface area (Å²) in [6.07, 6.45) is 0.805. The third-order valence-electron chi connectivity index (χ3n) is 8.31. The molecule has 2 amide bonds. The molecule has 1 fully saturated rings. The molecule has 10 nitrogen and oxygen atoms in total. The van der Waals surface area contributed by atoms with Crippen LogP contribution in [0.2, 0.25) is 0 Å². The van der Waals surface area contributed by atoms with Crippen molar-refractivity contribution in [1.29, 1.82) is 0 Å². The number of carbonyl (C=O) groups excluding carboxylic acids is 1. The number of aliphatic hydroxyl groups is 1. The molecule has 7 N–H and O–H groups in total. The molecule has 0 saturated carbocycles. The van der Waals surface area contributed by atoms with Gasteiger partial charge in [0.1, 0.15) is 0 Å². The predicted molar refractivity (Wildman–Crippen MR) is 173 cm³/mol. The molecule has 1 saturated heterocycles. The number of amides is 2. The molecule has 0 radical (unpaired) electrons. The third kappa shape index (κ3) is 7.42. The van der Waals surface area contributed by atoms with Gasteiger partial charge >= 0.3 is 6.03 Å². The molecule has 1 aliphatic heterocycles. The Kier molecular flexibility index (Phi) is 9.96. The van der Waals surface area contributed by atoms with Crippen LogP contribution >= 0.6 is 0 Å². The summed E-state index contributed by atoms with van der Waals surface area (Å²) in [5.74, 6) is -0.0616. The normalized spacial score (nSPS) is 19.1. The second-order valence-corrected chi connectivity index (χ2v) is 11.2. The minimum atomic E-state index is -0.883. The Morgan fingerprint density at radius 1 is 0.644 bits per heavy atom. The lowest BCUT2D eigenvalue weighted by molar-refractivity contribution is -0.0453.